The smallest absolute Gasteiger partial charge is 0.254 e. The molecule has 1 aromatic heterocycles. The highest BCUT2D eigenvalue weighted by Gasteiger charge is 2.12. The van der Waals surface area contributed by atoms with Crippen LogP contribution in [0.25, 0.3) is 0 Å². The first-order valence-corrected chi connectivity index (χ1v) is 7.46. The van der Waals surface area contributed by atoms with E-state index in [0.717, 1.165) is 17.0 Å². The third-order valence-corrected chi connectivity index (χ3v) is 3.70. The SMILES string of the molecule is O=C(Cc1cccs1)NCCNC(=O)c1ccc(F)cc1F. The summed E-state index contributed by atoms with van der Waals surface area (Å²) in [6.07, 6.45) is 0.290. The molecule has 1 aromatic carbocycles. The van der Waals surface area contributed by atoms with Gasteiger partial charge in [0.15, 0.2) is 0 Å². The van der Waals surface area contributed by atoms with E-state index < -0.39 is 17.5 Å². The van der Waals surface area contributed by atoms with E-state index in [1.54, 1.807) is 0 Å². The summed E-state index contributed by atoms with van der Waals surface area (Å²) >= 11 is 1.49. The van der Waals surface area contributed by atoms with Crippen LogP contribution in [0.5, 0.6) is 0 Å². The molecule has 2 amide bonds. The fourth-order valence-electron chi connectivity index (χ4n) is 1.78. The van der Waals surface area contributed by atoms with E-state index in [2.05, 4.69) is 10.6 Å². The number of rotatable bonds is 6. The topological polar surface area (TPSA) is 58.2 Å². The van der Waals surface area contributed by atoms with Gasteiger partial charge in [-0.05, 0) is 23.6 Å². The second kappa shape index (κ2) is 7.65. The maximum Gasteiger partial charge on any atom is 0.254 e. The molecule has 2 aromatic rings. The van der Waals surface area contributed by atoms with Gasteiger partial charge in [0.1, 0.15) is 11.6 Å². The van der Waals surface area contributed by atoms with Crippen molar-refractivity contribution in [2.45, 2.75) is 6.42 Å². The number of thiophene rings is 1. The Balaban J connectivity index is 1.72. The fraction of sp³-hybridized carbons (Fsp3) is 0.200. The number of carbonyl (C=O) groups excluding carboxylic acids is 2. The molecule has 22 heavy (non-hydrogen) atoms. The van der Waals surface area contributed by atoms with E-state index in [1.807, 2.05) is 17.5 Å². The quantitative estimate of drug-likeness (QED) is 0.800. The van der Waals surface area contributed by atoms with Gasteiger partial charge >= 0.3 is 0 Å². The van der Waals surface area contributed by atoms with E-state index in [0.29, 0.717) is 6.07 Å². The molecule has 0 radical (unpaired) electrons. The van der Waals surface area contributed by atoms with Crippen LogP contribution in [0, 0.1) is 11.6 Å². The van der Waals surface area contributed by atoms with Gasteiger partial charge in [0.25, 0.3) is 5.91 Å². The minimum atomic E-state index is -0.917. The largest absolute Gasteiger partial charge is 0.354 e. The third-order valence-electron chi connectivity index (χ3n) is 2.82. The zero-order valence-corrected chi connectivity index (χ0v) is 12.4. The van der Waals surface area contributed by atoms with Crippen LogP contribution in [-0.2, 0) is 11.2 Å². The van der Waals surface area contributed by atoms with E-state index in [1.165, 1.54) is 11.3 Å². The Morgan fingerprint density at radius 2 is 1.86 bits per heavy atom. The normalized spacial score (nSPS) is 10.3. The van der Waals surface area contributed by atoms with Gasteiger partial charge in [0, 0.05) is 24.0 Å². The highest BCUT2D eigenvalue weighted by atomic mass is 32.1. The molecule has 2 N–H and O–H groups in total. The van der Waals surface area contributed by atoms with Gasteiger partial charge in [0.2, 0.25) is 5.91 Å². The molecule has 0 bridgehead atoms. The number of carbonyl (C=O) groups is 2. The summed E-state index contributed by atoms with van der Waals surface area (Å²) in [5, 5.41) is 7.00. The van der Waals surface area contributed by atoms with Crippen molar-refractivity contribution in [1.82, 2.24) is 10.6 Å². The Morgan fingerprint density at radius 1 is 1.09 bits per heavy atom. The standard InChI is InChI=1S/C15H14F2N2O2S/c16-10-3-4-12(13(17)8-10)15(21)19-6-5-18-14(20)9-11-2-1-7-22-11/h1-4,7-8H,5-6,9H2,(H,18,20)(H,19,21). The highest BCUT2D eigenvalue weighted by Crippen LogP contribution is 2.09. The van der Waals surface area contributed by atoms with Crippen molar-refractivity contribution in [1.29, 1.82) is 0 Å². The van der Waals surface area contributed by atoms with Crippen LogP contribution in [0.3, 0.4) is 0 Å². The van der Waals surface area contributed by atoms with E-state index in [-0.39, 0.29) is 31.0 Å². The Bertz CT molecular complexity index is 660. The number of benzene rings is 1. The maximum atomic E-state index is 13.4. The van der Waals surface area contributed by atoms with Crippen LogP contribution in [0.4, 0.5) is 8.78 Å². The second-order valence-corrected chi connectivity index (χ2v) is 5.52. The second-order valence-electron chi connectivity index (χ2n) is 4.49. The Morgan fingerprint density at radius 3 is 2.55 bits per heavy atom. The number of hydrogen-bond donors (Lipinski definition) is 2. The summed E-state index contributed by atoms with van der Waals surface area (Å²) in [4.78, 5) is 24.2. The first-order valence-electron chi connectivity index (χ1n) is 6.58. The van der Waals surface area contributed by atoms with E-state index in [9.17, 15) is 18.4 Å². The number of amides is 2. The molecular formula is C15H14F2N2O2S. The summed E-state index contributed by atoms with van der Waals surface area (Å²) in [5.74, 6) is -2.45. The Kier molecular flexibility index (Phi) is 5.60. The average molecular weight is 324 g/mol. The lowest BCUT2D eigenvalue weighted by Crippen LogP contribution is -2.35. The lowest BCUT2D eigenvalue weighted by Gasteiger charge is -2.07. The van der Waals surface area contributed by atoms with Crippen LogP contribution < -0.4 is 10.6 Å². The summed E-state index contributed by atoms with van der Waals surface area (Å²) in [6, 6.07) is 6.47. The number of halogens is 2. The van der Waals surface area contributed by atoms with Gasteiger partial charge in [-0.25, -0.2) is 8.78 Å². The van der Waals surface area contributed by atoms with E-state index >= 15 is 0 Å². The van der Waals surface area contributed by atoms with E-state index in [4.69, 9.17) is 0 Å². The fourth-order valence-corrected chi connectivity index (χ4v) is 2.48. The summed E-state index contributed by atoms with van der Waals surface area (Å²) in [5.41, 5.74) is -0.230. The van der Waals surface area contributed by atoms with Gasteiger partial charge in [0.05, 0.1) is 12.0 Å². The predicted molar refractivity (Wildman–Crippen MR) is 79.7 cm³/mol. The lowest BCUT2D eigenvalue weighted by molar-refractivity contribution is -0.120. The molecule has 0 saturated heterocycles. The highest BCUT2D eigenvalue weighted by molar-refractivity contribution is 7.10. The average Bonchev–Trinajstić information content (AvgIpc) is 2.96. The molecular weight excluding hydrogens is 310 g/mol. The van der Waals surface area contributed by atoms with Crippen molar-refractivity contribution in [3.8, 4) is 0 Å². The van der Waals surface area contributed by atoms with Gasteiger partial charge in [-0.2, -0.15) is 0 Å². The van der Waals surface area contributed by atoms with Gasteiger partial charge < -0.3 is 10.6 Å². The molecule has 0 aliphatic carbocycles. The molecule has 116 valence electrons. The van der Waals surface area contributed by atoms with Gasteiger partial charge in [-0.1, -0.05) is 6.07 Å². The molecule has 0 saturated carbocycles. The maximum absolute atomic E-state index is 13.4. The monoisotopic (exact) mass is 324 g/mol. The van der Waals surface area contributed by atoms with Crippen LogP contribution >= 0.6 is 11.3 Å². The third kappa shape index (κ3) is 4.63. The first-order chi connectivity index (χ1) is 10.6. The summed E-state index contributed by atoms with van der Waals surface area (Å²) in [6.45, 7) is 0.393. The van der Waals surface area contributed by atoms with Crippen LogP contribution in [0.2, 0.25) is 0 Å². The molecule has 7 heteroatoms. The zero-order chi connectivity index (χ0) is 15.9. The first kappa shape index (κ1) is 16.1. The zero-order valence-electron chi connectivity index (χ0n) is 11.6. The van der Waals surface area contributed by atoms with Crippen molar-refractivity contribution in [2.24, 2.45) is 0 Å². The van der Waals surface area contributed by atoms with Crippen LogP contribution in [-0.4, -0.2) is 24.9 Å². The molecule has 0 aliphatic heterocycles. The minimum absolute atomic E-state index is 0.148. The molecule has 0 atom stereocenters. The lowest BCUT2D eigenvalue weighted by atomic mass is 10.2. The van der Waals surface area contributed by atoms with Gasteiger partial charge in [-0.15, -0.1) is 11.3 Å². The van der Waals surface area contributed by atoms with Crippen LogP contribution in [0.15, 0.2) is 35.7 Å². The van der Waals surface area contributed by atoms with Crippen molar-refractivity contribution < 1.29 is 18.4 Å². The Labute approximate surface area is 130 Å². The molecule has 0 fully saturated rings. The van der Waals surface area contributed by atoms with Crippen molar-refractivity contribution >= 4 is 23.2 Å². The summed E-state index contributed by atoms with van der Waals surface area (Å²) < 4.78 is 26.1. The molecule has 2 rings (SSSR count). The molecule has 1 heterocycles. The van der Waals surface area contributed by atoms with Gasteiger partial charge in [-0.3, -0.25) is 9.59 Å². The number of hydrogen-bond acceptors (Lipinski definition) is 3. The molecule has 4 nitrogen and oxygen atoms in total. The molecule has 0 unspecified atom stereocenters. The molecule has 0 spiro atoms. The molecule has 0 aliphatic rings. The van der Waals surface area contributed by atoms with Crippen molar-refractivity contribution in [3.05, 3.63) is 57.8 Å². The Hall–Kier alpha value is -2.28. The summed E-state index contributed by atoms with van der Waals surface area (Å²) in [7, 11) is 0. The number of nitrogens with one attached hydrogen (secondary N) is 2. The van der Waals surface area contributed by atoms with Crippen molar-refractivity contribution in [3.63, 3.8) is 0 Å². The van der Waals surface area contributed by atoms with Crippen molar-refractivity contribution in [2.75, 3.05) is 13.1 Å². The predicted octanol–water partition coefficient (Wildman–Crippen LogP) is 2.12. The minimum Gasteiger partial charge on any atom is -0.354 e. The van der Waals surface area contributed by atoms with Crippen LogP contribution in [0.1, 0.15) is 15.2 Å².